The number of hydrogen-bond acceptors (Lipinski definition) is 3. The zero-order chi connectivity index (χ0) is 22.1. The molecule has 1 amide bonds. The van der Waals surface area contributed by atoms with E-state index in [0.717, 1.165) is 12.0 Å². The number of fused-ring (bicyclic) bond motifs is 2. The number of aromatic nitrogens is 3. The van der Waals surface area contributed by atoms with Crippen molar-refractivity contribution in [2.45, 2.75) is 19.9 Å². The number of nitrogens with zero attached hydrogens (tertiary/aromatic N) is 3. The second kappa shape index (κ2) is 8.15. The van der Waals surface area contributed by atoms with E-state index >= 15 is 0 Å². The monoisotopic (exact) mass is 422 g/mol. The Morgan fingerprint density at radius 3 is 2.44 bits per heavy atom. The minimum Gasteiger partial charge on any atom is -0.321 e. The van der Waals surface area contributed by atoms with Gasteiger partial charge in [-0.15, -0.1) is 0 Å². The number of anilines is 1. The Morgan fingerprint density at radius 1 is 0.938 bits per heavy atom. The fraction of sp³-hybridized carbons (Fsp3) is 0.115. The molecule has 5 aromatic rings. The van der Waals surface area contributed by atoms with Crippen LogP contribution in [0.15, 0.2) is 89.9 Å². The van der Waals surface area contributed by atoms with Crippen LogP contribution < -0.4 is 10.9 Å². The summed E-state index contributed by atoms with van der Waals surface area (Å²) in [4.78, 5) is 31.1. The first-order chi connectivity index (χ1) is 15.6. The van der Waals surface area contributed by atoms with Gasteiger partial charge in [0.15, 0.2) is 0 Å². The van der Waals surface area contributed by atoms with E-state index < -0.39 is 0 Å². The highest BCUT2D eigenvalue weighted by atomic mass is 16.2. The number of carbonyl (C=O) groups is 1. The number of benzene rings is 2. The van der Waals surface area contributed by atoms with Gasteiger partial charge in [-0.05, 0) is 47.9 Å². The van der Waals surface area contributed by atoms with Gasteiger partial charge >= 0.3 is 0 Å². The number of aryl methyl sites for hydroxylation is 1. The van der Waals surface area contributed by atoms with Crippen molar-refractivity contribution in [3.05, 3.63) is 112 Å². The molecule has 6 heteroatoms. The van der Waals surface area contributed by atoms with Crippen molar-refractivity contribution in [3.8, 4) is 0 Å². The zero-order valence-corrected chi connectivity index (χ0v) is 17.7. The minimum atomic E-state index is -0.281. The Kier molecular flexibility index (Phi) is 5.03. The Labute approximate surface area is 184 Å². The molecule has 6 nitrogen and oxygen atoms in total. The molecule has 0 saturated carbocycles. The van der Waals surface area contributed by atoms with Crippen LogP contribution in [-0.4, -0.2) is 19.9 Å². The van der Waals surface area contributed by atoms with Crippen LogP contribution in [0.4, 0.5) is 5.69 Å². The number of nitrogens with one attached hydrogen (secondary N) is 1. The van der Waals surface area contributed by atoms with Gasteiger partial charge in [0.2, 0.25) is 0 Å². The number of hydrogen-bond donors (Lipinski definition) is 1. The highest BCUT2D eigenvalue weighted by molar-refractivity contribution is 6.06. The van der Waals surface area contributed by atoms with E-state index in [1.165, 1.54) is 9.96 Å². The van der Waals surface area contributed by atoms with Gasteiger partial charge in [-0.25, -0.2) is 4.98 Å². The summed E-state index contributed by atoms with van der Waals surface area (Å²) in [6, 6.07) is 24.7. The zero-order valence-electron chi connectivity index (χ0n) is 17.7. The first-order valence-electron chi connectivity index (χ1n) is 10.6. The standard InChI is InChI=1S/C26H22N4O2/c1-2-18-11-13-20(14-12-18)27-25(31)22-16-21-24(30(22)17-19-8-4-3-5-9-19)28-23-10-6-7-15-29(23)26(21)32/h3-16H,2,17H2,1H3,(H,27,31). The van der Waals surface area contributed by atoms with E-state index in [-0.39, 0.29) is 11.5 Å². The summed E-state index contributed by atoms with van der Waals surface area (Å²) in [6.07, 6.45) is 2.62. The number of carbonyl (C=O) groups excluding carboxylic acids is 1. The van der Waals surface area contributed by atoms with E-state index in [0.29, 0.717) is 34.6 Å². The van der Waals surface area contributed by atoms with Gasteiger partial charge in [-0.2, -0.15) is 0 Å². The molecule has 0 saturated heterocycles. The van der Waals surface area contributed by atoms with Crippen molar-refractivity contribution in [2.24, 2.45) is 0 Å². The second-order valence-corrected chi connectivity index (χ2v) is 7.69. The molecule has 0 aliphatic heterocycles. The smallest absolute Gasteiger partial charge is 0.272 e. The first-order valence-corrected chi connectivity index (χ1v) is 10.6. The van der Waals surface area contributed by atoms with Crippen molar-refractivity contribution in [1.82, 2.24) is 14.0 Å². The molecule has 32 heavy (non-hydrogen) atoms. The lowest BCUT2D eigenvalue weighted by Crippen LogP contribution is -2.18. The normalized spacial score (nSPS) is 11.2. The van der Waals surface area contributed by atoms with Crippen molar-refractivity contribution in [1.29, 1.82) is 0 Å². The minimum absolute atomic E-state index is 0.196. The molecule has 3 aromatic heterocycles. The Hall–Kier alpha value is -4.19. The largest absolute Gasteiger partial charge is 0.321 e. The molecule has 3 heterocycles. The molecular weight excluding hydrogens is 400 g/mol. The summed E-state index contributed by atoms with van der Waals surface area (Å²) in [5.41, 5.74) is 4.16. The predicted octanol–water partition coefficient (Wildman–Crippen LogP) is 4.51. The van der Waals surface area contributed by atoms with E-state index in [1.807, 2.05) is 65.2 Å². The van der Waals surface area contributed by atoms with Gasteiger partial charge in [0.05, 0.1) is 5.39 Å². The van der Waals surface area contributed by atoms with Gasteiger partial charge < -0.3 is 9.88 Å². The topological polar surface area (TPSA) is 68.4 Å². The fourth-order valence-corrected chi connectivity index (χ4v) is 3.88. The van der Waals surface area contributed by atoms with Gasteiger partial charge in [0.25, 0.3) is 11.5 Å². The summed E-state index contributed by atoms with van der Waals surface area (Å²) in [7, 11) is 0. The lowest BCUT2D eigenvalue weighted by atomic mass is 10.1. The maximum absolute atomic E-state index is 13.3. The molecule has 0 atom stereocenters. The Bertz CT molecular complexity index is 1480. The lowest BCUT2D eigenvalue weighted by Gasteiger charge is -2.11. The molecule has 0 aliphatic rings. The summed E-state index contributed by atoms with van der Waals surface area (Å²) in [6.45, 7) is 2.52. The van der Waals surface area contributed by atoms with Crippen molar-refractivity contribution in [3.63, 3.8) is 0 Å². The van der Waals surface area contributed by atoms with Gasteiger partial charge in [0, 0.05) is 18.4 Å². The summed E-state index contributed by atoms with van der Waals surface area (Å²) < 4.78 is 3.31. The average molecular weight is 422 g/mol. The highest BCUT2D eigenvalue weighted by Crippen LogP contribution is 2.20. The van der Waals surface area contributed by atoms with Crippen molar-refractivity contribution >= 4 is 28.3 Å². The third-order valence-corrected chi connectivity index (χ3v) is 5.61. The molecule has 5 rings (SSSR count). The van der Waals surface area contributed by atoms with E-state index in [1.54, 1.807) is 24.4 Å². The van der Waals surface area contributed by atoms with Crippen LogP contribution in [0.2, 0.25) is 0 Å². The fourth-order valence-electron chi connectivity index (χ4n) is 3.88. The van der Waals surface area contributed by atoms with Crippen LogP contribution in [0.3, 0.4) is 0 Å². The maximum Gasteiger partial charge on any atom is 0.272 e. The lowest BCUT2D eigenvalue weighted by molar-refractivity contribution is 0.101. The molecule has 0 radical (unpaired) electrons. The maximum atomic E-state index is 13.3. The quantitative estimate of drug-likeness (QED) is 0.453. The molecule has 1 N–H and O–H groups in total. The highest BCUT2D eigenvalue weighted by Gasteiger charge is 2.20. The summed E-state index contributed by atoms with van der Waals surface area (Å²) >= 11 is 0. The van der Waals surface area contributed by atoms with Crippen LogP contribution in [0.25, 0.3) is 16.7 Å². The molecule has 0 aliphatic carbocycles. The Balaban J connectivity index is 1.64. The van der Waals surface area contributed by atoms with Gasteiger partial charge in [-0.1, -0.05) is 55.5 Å². The molecular formula is C26H22N4O2. The van der Waals surface area contributed by atoms with E-state index in [4.69, 9.17) is 4.98 Å². The molecule has 158 valence electrons. The number of amides is 1. The van der Waals surface area contributed by atoms with Crippen LogP contribution >= 0.6 is 0 Å². The summed E-state index contributed by atoms with van der Waals surface area (Å²) in [5.74, 6) is -0.281. The third-order valence-electron chi connectivity index (χ3n) is 5.61. The van der Waals surface area contributed by atoms with Crippen LogP contribution in [0.1, 0.15) is 28.5 Å². The first kappa shape index (κ1) is 19.8. The van der Waals surface area contributed by atoms with Crippen molar-refractivity contribution in [2.75, 3.05) is 5.32 Å². The van der Waals surface area contributed by atoms with Crippen molar-refractivity contribution < 1.29 is 4.79 Å². The molecule has 0 unspecified atom stereocenters. The van der Waals surface area contributed by atoms with E-state index in [2.05, 4.69) is 12.2 Å². The van der Waals surface area contributed by atoms with Gasteiger partial charge in [0.1, 0.15) is 17.0 Å². The molecule has 0 spiro atoms. The third kappa shape index (κ3) is 3.56. The van der Waals surface area contributed by atoms with Crippen LogP contribution in [-0.2, 0) is 13.0 Å². The average Bonchev–Trinajstić information content (AvgIpc) is 3.19. The Morgan fingerprint density at radius 2 is 1.69 bits per heavy atom. The van der Waals surface area contributed by atoms with Crippen LogP contribution in [0, 0.1) is 0 Å². The number of pyridine rings is 1. The molecule has 2 aromatic carbocycles. The second-order valence-electron chi connectivity index (χ2n) is 7.69. The SMILES string of the molecule is CCc1ccc(NC(=O)c2cc3c(=O)n4ccccc4nc3n2Cc2ccccc2)cc1. The van der Waals surface area contributed by atoms with Crippen LogP contribution in [0.5, 0.6) is 0 Å². The molecule has 0 fully saturated rings. The van der Waals surface area contributed by atoms with Gasteiger partial charge in [-0.3, -0.25) is 14.0 Å². The summed E-state index contributed by atoms with van der Waals surface area (Å²) in [5, 5.41) is 3.37. The predicted molar refractivity (Wildman–Crippen MR) is 126 cm³/mol. The number of rotatable bonds is 5. The molecule has 0 bridgehead atoms. The van der Waals surface area contributed by atoms with E-state index in [9.17, 15) is 9.59 Å².